The van der Waals surface area contributed by atoms with Crippen molar-refractivity contribution in [3.63, 3.8) is 0 Å². The van der Waals surface area contributed by atoms with E-state index in [0.717, 1.165) is 10.5 Å². The third kappa shape index (κ3) is 3.16. The Balaban J connectivity index is 2.13. The topological polar surface area (TPSA) is 63.3 Å². The van der Waals surface area contributed by atoms with Gasteiger partial charge in [0.05, 0.1) is 11.2 Å². The SMILES string of the molecule is CSc1cccc(Cl)c1C=NNc1nc(N)cs1. The van der Waals surface area contributed by atoms with Crippen LogP contribution in [0.3, 0.4) is 0 Å². The molecular formula is C11H11ClN4S2. The van der Waals surface area contributed by atoms with Gasteiger partial charge in [-0.1, -0.05) is 17.7 Å². The van der Waals surface area contributed by atoms with E-state index in [1.54, 1.807) is 23.4 Å². The molecule has 0 aliphatic carbocycles. The monoisotopic (exact) mass is 298 g/mol. The zero-order valence-electron chi connectivity index (χ0n) is 9.55. The van der Waals surface area contributed by atoms with Crippen molar-refractivity contribution < 1.29 is 0 Å². The fraction of sp³-hybridized carbons (Fsp3) is 0.0909. The van der Waals surface area contributed by atoms with Gasteiger partial charge >= 0.3 is 0 Å². The minimum absolute atomic E-state index is 0.486. The molecule has 1 aromatic carbocycles. The first-order valence-corrected chi connectivity index (χ1v) is 7.51. The third-order valence-electron chi connectivity index (χ3n) is 2.11. The number of benzene rings is 1. The average molecular weight is 299 g/mol. The average Bonchev–Trinajstić information content (AvgIpc) is 2.77. The molecule has 0 spiro atoms. The molecule has 3 N–H and O–H groups in total. The number of halogens is 1. The van der Waals surface area contributed by atoms with Gasteiger partial charge in [0.15, 0.2) is 0 Å². The molecule has 0 fully saturated rings. The molecule has 2 rings (SSSR count). The number of thioether (sulfide) groups is 1. The Hall–Kier alpha value is -1.24. The normalized spacial score (nSPS) is 11.0. The molecule has 0 atom stereocenters. The maximum Gasteiger partial charge on any atom is 0.205 e. The van der Waals surface area contributed by atoms with Gasteiger partial charge in [-0.15, -0.1) is 23.1 Å². The summed E-state index contributed by atoms with van der Waals surface area (Å²) in [5.74, 6) is 0.486. The Morgan fingerprint density at radius 1 is 1.56 bits per heavy atom. The minimum Gasteiger partial charge on any atom is -0.383 e. The number of hydrogen-bond donors (Lipinski definition) is 2. The first-order valence-electron chi connectivity index (χ1n) is 5.03. The van der Waals surface area contributed by atoms with Crippen LogP contribution in [0.5, 0.6) is 0 Å². The molecule has 94 valence electrons. The van der Waals surface area contributed by atoms with Gasteiger partial charge in [-0.25, -0.2) is 4.98 Å². The predicted octanol–water partition coefficient (Wildman–Crippen LogP) is 3.55. The fourth-order valence-electron chi connectivity index (χ4n) is 1.31. The van der Waals surface area contributed by atoms with Gasteiger partial charge in [-0.2, -0.15) is 5.10 Å². The summed E-state index contributed by atoms with van der Waals surface area (Å²) >= 11 is 9.15. The molecule has 1 aromatic heterocycles. The maximum absolute atomic E-state index is 6.13. The highest BCUT2D eigenvalue weighted by atomic mass is 35.5. The molecule has 0 radical (unpaired) electrons. The van der Waals surface area contributed by atoms with Crippen LogP contribution in [0.25, 0.3) is 0 Å². The van der Waals surface area contributed by atoms with E-state index < -0.39 is 0 Å². The number of nitrogen functional groups attached to an aromatic ring is 1. The summed E-state index contributed by atoms with van der Waals surface area (Å²) in [6.45, 7) is 0. The zero-order chi connectivity index (χ0) is 13.0. The molecule has 1 heterocycles. The van der Waals surface area contributed by atoms with Crippen LogP contribution in [-0.2, 0) is 0 Å². The molecule has 0 aliphatic rings. The predicted molar refractivity (Wildman–Crippen MR) is 81.0 cm³/mol. The highest BCUT2D eigenvalue weighted by Gasteiger charge is 2.03. The standard InChI is InChI=1S/C11H11ClN4S2/c1-17-9-4-2-3-8(12)7(9)5-14-16-11-15-10(13)6-18-11/h2-6H,13H2,1H3,(H,15,16). The van der Waals surface area contributed by atoms with Crippen LogP contribution in [0.15, 0.2) is 33.6 Å². The fourth-order valence-corrected chi connectivity index (χ4v) is 2.74. The second-order valence-electron chi connectivity index (χ2n) is 3.30. The molecule has 4 nitrogen and oxygen atoms in total. The lowest BCUT2D eigenvalue weighted by Gasteiger charge is -2.03. The Bertz CT molecular complexity index is 568. The first kappa shape index (κ1) is 13.2. The Kier molecular flexibility index (Phi) is 4.46. The molecule has 0 bridgehead atoms. The summed E-state index contributed by atoms with van der Waals surface area (Å²) in [6, 6.07) is 5.75. The van der Waals surface area contributed by atoms with Gasteiger partial charge in [0.1, 0.15) is 5.82 Å². The van der Waals surface area contributed by atoms with E-state index in [0.29, 0.717) is 16.0 Å². The van der Waals surface area contributed by atoms with Gasteiger partial charge in [-0.05, 0) is 18.4 Å². The summed E-state index contributed by atoms with van der Waals surface area (Å²) in [7, 11) is 0. The third-order valence-corrected chi connectivity index (χ3v) is 4.00. The van der Waals surface area contributed by atoms with Crippen molar-refractivity contribution >= 4 is 51.9 Å². The molecule has 0 saturated heterocycles. The lowest BCUT2D eigenvalue weighted by atomic mass is 10.2. The van der Waals surface area contributed by atoms with Crippen LogP contribution in [0.1, 0.15) is 5.56 Å². The Labute approximate surface area is 118 Å². The minimum atomic E-state index is 0.486. The molecular weight excluding hydrogens is 288 g/mol. The van der Waals surface area contributed by atoms with E-state index in [-0.39, 0.29) is 0 Å². The number of hydrazone groups is 1. The van der Waals surface area contributed by atoms with Crippen molar-refractivity contribution in [2.45, 2.75) is 4.90 Å². The van der Waals surface area contributed by atoms with Crippen LogP contribution in [0.2, 0.25) is 5.02 Å². The van der Waals surface area contributed by atoms with E-state index in [2.05, 4.69) is 15.5 Å². The van der Waals surface area contributed by atoms with E-state index in [4.69, 9.17) is 17.3 Å². The second kappa shape index (κ2) is 6.08. The first-order chi connectivity index (χ1) is 8.70. The van der Waals surface area contributed by atoms with Gasteiger partial charge in [0.25, 0.3) is 0 Å². The lowest BCUT2D eigenvalue weighted by Crippen LogP contribution is -1.93. The molecule has 0 saturated carbocycles. The number of anilines is 2. The summed E-state index contributed by atoms with van der Waals surface area (Å²) in [5.41, 5.74) is 9.23. The van der Waals surface area contributed by atoms with Crippen molar-refractivity contribution in [2.24, 2.45) is 5.10 Å². The molecule has 2 aromatic rings. The number of thiazole rings is 1. The zero-order valence-corrected chi connectivity index (χ0v) is 11.9. The van der Waals surface area contributed by atoms with Gasteiger partial charge in [0.2, 0.25) is 5.13 Å². The van der Waals surface area contributed by atoms with E-state index in [1.807, 2.05) is 24.5 Å². The highest BCUT2D eigenvalue weighted by molar-refractivity contribution is 7.98. The lowest BCUT2D eigenvalue weighted by molar-refractivity contribution is 1.29. The molecule has 7 heteroatoms. The van der Waals surface area contributed by atoms with Crippen molar-refractivity contribution in [1.82, 2.24) is 4.98 Å². The molecule has 0 unspecified atom stereocenters. The van der Waals surface area contributed by atoms with Crippen LogP contribution < -0.4 is 11.2 Å². The van der Waals surface area contributed by atoms with E-state index in [1.165, 1.54) is 11.3 Å². The van der Waals surface area contributed by atoms with Crippen molar-refractivity contribution in [2.75, 3.05) is 17.4 Å². The van der Waals surface area contributed by atoms with Gasteiger partial charge in [-0.3, -0.25) is 5.43 Å². The molecule has 18 heavy (non-hydrogen) atoms. The van der Waals surface area contributed by atoms with Crippen LogP contribution in [0.4, 0.5) is 10.9 Å². The number of nitrogens with one attached hydrogen (secondary N) is 1. The van der Waals surface area contributed by atoms with Crippen LogP contribution >= 0.6 is 34.7 Å². The summed E-state index contributed by atoms with van der Waals surface area (Å²) in [5, 5.41) is 7.19. The number of nitrogens with two attached hydrogens (primary N) is 1. The van der Waals surface area contributed by atoms with Crippen LogP contribution in [0, 0.1) is 0 Å². The second-order valence-corrected chi connectivity index (χ2v) is 5.42. The highest BCUT2D eigenvalue weighted by Crippen LogP contribution is 2.25. The summed E-state index contributed by atoms with van der Waals surface area (Å²) < 4.78 is 0. The maximum atomic E-state index is 6.13. The number of hydrogen-bond acceptors (Lipinski definition) is 6. The van der Waals surface area contributed by atoms with Gasteiger partial charge < -0.3 is 5.73 Å². The number of aromatic nitrogens is 1. The molecule has 0 aliphatic heterocycles. The quantitative estimate of drug-likeness (QED) is 0.515. The number of nitrogens with zero attached hydrogens (tertiary/aromatic N) is 2. The summed E-state index contributed by atoms with van der Waals surface area (Å²) in [4.78, 5) is 5.12. The van der Waals surface area contributed by atoms with Crippen molar-refractivity contribution in [3.8, 4) is 0 Å². The van der Waals surface area contributed by atoms with Crippen molar-refractivity contribution in [1.29, 1.82) is 0 Å². The molecule has 0 amide bonds. The Morgan fingerprint density at radius 2 is 2.39 bits per heavy atom. The van der Waals surface area contributed by atoms with E-state index >= 15 is 0 Å². The summed E-state index contributed by atoms with van der Waals surface area (Å²) in [6.07, 6.45) is 3.68. The van der Waals surface area contributed by atoms with Crippen LogP contribution in [-0.4, -0.2) is 17.5 Å². The number of rotatable bonds is 4. The van der Waals surface area contributed by atoms with Gasteiger partial charge in [0, 0.05) is 15.8 Å². The smallest absolute Gasteiger partial charge is 0.205 e. The Morgan fingerprint density at radius 3 is 3.06 bits per heavy atom. The van der Waals surface area contributed by atoms with Crippen molar-refractivity contribution in [3.05, 3.63) is 34.2 Å². The van der Waals surface area contributed by atoms with E-state index in [9.17, 15) is 0 Å². The largest absolute Gasteiger partial charge is 0.383 e.